The van der Waals surface area contributed by atoms with Crippen LogP contribution in [0.25, 0.3) is 22.2 Å². The first-order valence-electron chi connectivity index (χ1n) is 5.02. The summed E-state index contributed by atoms with van der Waals surface area (Å²) in [6.07, 6.45) is 1.65. The fraction of sp³-hybridized carbons (Fsp3) is 0. The molecule has 0 aliphatic carbocycles. The van der Waals surface area contributed by atoms with Crippen molar-refractivity contribution in [1.82, 2.24) is 15.1 Å². The monoisotopic (exact) mass is 262 g/mol. The highest BCUT2D eigenvalue weighted by atomic mass is 32.1. The molecule has 7 heteroatoms. The summed E-state index contributed by atoms with van der Waals surface area (Å²) in [5.74, 6) is 0.297. The molecule has 0 radical (unpaired) electrons. The number of benzene rings is 1. The molecule has 0 aliphatic rings. The third-order valence-electron chi connectivity index (χ3n) is 2.32. The van der Waals surface area contributed by atoms with Gasteiger partial charge in [-0.15, -0.1) is 11.3 Å². The van der Waals surface area contributed by atoms with Crippen molar-refractivity contribution in [1.29, 1.82) is 0 Å². The molecule has 0 spiro atoms. The SMILES string of the molecule is Nc1cc(F)ccc1-c1nc(-c2cncs2)no1. The van der Waals surface area contributed by atoms with Crippen LogP contribution < -0.4 is 5.73 Å². The number of thiazole rings is 1. The van der Waals surface area contributed by atoms with Crippen LogP contribution in [0.4, 0.5) is 10.1 Å². The van der Waals surface area contributed by atoms with Crippen LogP contribution >= 0.6 is 11.3 Å². The zero-order chi connectivity index (χ0) is 12.5. The van der Waals surface area contributed by atoms with E-state index in [2.05, 4.69) is 15.1 Å². The van der Waals surface area contributed by atoms with E-state index in [1.54, 1.807) is 11.7 Å². The van der Waals surface area contributed by atoms with E-state index in [0.717, 1.165) is 4.88 Å². The van der Waals surface area contributed by atoms with Crippen LogP contribution in [0, 0.1) is 5.82 Å². The van der Waals surface area contributed by atoms with Gasteiger partial charge >= 0.3 is 0 Å². The maximum atomic E-state index is 12.9. The van der Waals surface area contributed by atoms with Crippen LogP contribution in [0.3, 0.4) is 0 Å². The number of aromatic nitrogens is 3. The maximum Gasteiger partial charge on any atom is 0.260 e. The van der Waals surface area contributed by atoms with Gasteiger partial charge in [0, 0.05) is 11.9 Å². The molecular weight excluding hydrogens is 255 g/mol. The Labute approximate surface area is 105 Å². The van der Waals surface area contributed by atoms with E-state index < -0.39 is 5.82 Å². The van der Waals surface area contributed by atoms with Crippen LogP contribution in [0.15, 0.2) is 34.4 Å². The Morgan fingerprint density at radius 1 is 1.33 bits per heavy atom. The first-order chi connectivity index (χ1) is 8.74. The summed E-state index contributed by atoms with van der Waals surface area (Å²) >= 11 is 1.40. The molecule has 3 aromatic rings. The fourth-order valence-electron chi connectivity index (χ4n) is 1.49. The number of nitrogens with two attached hydrogens (primary N) is 1. The zero-order valence-electron chi connectivity index (χ0n) is 9.00. The number of nitrogens with zero attached hydrogens (tertiary/aromatic N) is 3. The first-order valence-corrected chi connectivity index (χ1v) is 5.90. The van der Waals surface area contributed by atoms with Gasteiger partial charge < -0.3 is 10.3 Å². The third kappa shape index (κ3) is 1.84. The minimum absolute atomic E-state index is 0.259. The van der Waals surface area contributed by atoms with Crippen LogP contribution in [0.5, 0.6) is 0 Å². The van der Waals surface area contributed by atoms with Crippen molar-refractivity contribution >= 4 is 17.0 Å². The lowest BCUT2D eigenvalue weighted by Gasteiger charge is -1.99. The van der Waals surface area contributed by atoms with Gasteiger partial charge in [0.15, 0.2) is 0 Å². The van der Waals surface area contributed by atoms with E-state index in [4.69, 9.17) is 10.3 Å². The van der Waals surface area contributed by atoms with Crippen molar-refractivity contribution in [2.75, 3.05) is 5.73 Å². The van der Waals surface area contributed by atoms with Gasteiger partial charge in [0.25, 0.3) is 5.89 Å². The highest BCUT2D eigenvalue weighted by molar-refractivity contribution is 7.13. The number of hydrogen-bond acceptors (Lipinski definition) is 6. The van der Waals surface area contributed by atoms with Gasteiger partial charge in [0.1, 0.15) is 5.82 Å². The Bertz CT molecular complexity index is 680. The second-order valence-electron chi connectivity index (χ2n) is 3.52. The summed E-state index contributed by atoms with van der Waals surface area (Å²) in [5, 5.41) is 3.83. The summed E-state index contributed by atoms with van der Waals surface area (Å²) < 4.78 is 18.0. The van der Waals surface area contributed by atoms with Gasteiger partial charge in [0.05, 0.1) is 16.0 Å². The van der Waals surface area contributed by atoms with Crippen LogP contribution in [0.2, 0.25) is 0 Å². The number of halogens is 1. The molecule has 1 aromatic carbocycles. The van der Waals surface area contributed by atoms with Gasteiger partial charge in [-0.25, -0.2) is 4.39 Å². The average molecular weight is 262 g/mol. The summed E-state index contributed by atoms with van der Waals surface area (Å²) in [6.45, 7) is 0. The second kappa shape index (κ2) is 4.19. The lowest BCUT2D eigenvalue weighted by molar-refractivity contribution is 0.432. The molecule has 0 amide bonds. The summed E-state index contributed by atoms with van der Waals surface area (Å²) in [7, 11) is 0. The largest absolute Gasteiger partial charge is 0.398 e. The molecule has 2 heterocycles. The molecule has 0 unspecified atom stereocenters. The predicted octanol–water partition coefficient (Wildman–Crippen LogP) is 2.58. The molecule has 18 heavy (non-hydrogen) atoms. The Hall–Kier alpha value is -2.28. The minimum Gasteiger partial charge on any atom is -0.398 e. The molecular formula is C11H7FN4OS. The Morgan fingerprint density at radius 3 is 2.94 bits per heavy atom. The molecule has 0 atom stereocenters. The van der Waals surface area contributed by atoms with Crippen LogP contribution in [0.1, 0.15) is 0 Å². The lowest BCUT2D eigenvalue weighted by Crippen LogP contribution is -1.91. The average Bonchev–Trinajstić information content (AvgIpc) is 2.99. The molecule has 0 saturated carbocycles. The number of hydrogen-bond donors (Lipinski definition) is 1. The van der Waals surface area contributed by atoms with Crippen LogP contribution in [-0.4, -0.2) is 15.1 Å². The van der Waals surface area contributed by atoms with Crippen molar-refractivity contribution in [3.8, 4) is 22.2 Å². The maximum absolute atomic E-state index is 12.9. The third-order valence-corrected chi connectivity index (χ3v) is 3.09. The minimum atomic E-state index is -0.404. The number of nitrogen functional groups attached to an aromatic ring is 1. The van der Waals surface area contributed by atoms with Gasteiger partial charge in [0.2, 0.25) is 5.82 Å². The smallest absolute Gasteiger partial charge is 0.260 e. The highest BCUT2D eigenvalue weighted by Crippen LogP contribution is 2.28. The normalized spacial score (nSPS) is 10.7. The van der Waals surface area contributed by atoms with Crippen molar-refractivity contribution < 1.29 is 8.91 Å². The van der Waals surface area contributed by atoms with Crippen molar-refractivity contribution in [3.05, 3.63) is 35.7 Å². The van der Waals surface area contributed by atoms with E-state index in [1.807, 2.05) is 0 Å². The lowest BCUT2D eigenvalue weighted by atomic mass is 10.2. The molecule has 0 fully saturated rings. The molecule has 0 saturated heterocycles. The number of anilines is 1. The molecule has 0 aliphatic heterocycles. The molecule has 90 valence electrons. The van der Waals surface area contributed by atoms with Crippen molar-refractivity contribution in [3.63, 3.8) is 0 Å². The van der Waals surface area contributed by atoms with E-state index in [1.165, 1.54) is 29.5 Å². The van der Waals surface area contributed by atoms with E-state index in [9.17, 15) is 4.39 Å². The van der Waals surface area contributed by atoms with Crippen molar-refractivity contribution in [2.24, 2.45) is 0 Å². The molecule has 3 rings (SSSR count). The van der Waals surface area contributed by atoms with Gasteiger partial charge in [-0.05, 0) is 18.2 Å². The second-order valence-corrected chi connectivity index (χ2v) is 4.41. The van der Waals surface area contributed by atoms with Gasteiger partial charge in [-0.1, -0.05) is 5.16 Å². The Morgan fingerprint density at radius 2 is 2.22 bits per heavy atom. The molecule has 2 N–H and O–H groups in total. The fourth-order valence-corrected chi connectivity index (χ4v) is 2.03. The van der Waals surface area contributed by atoms with Crippen LogP contribution in [-0.2, 0) is 0 Å². The van der Waals surface area contributed by atoms with Crippen molar-refractivity contribution in [2.45, 2.75) is 0 Å². The summed E-state index contributed by atoms with van der Waals surface area (Å²) in [5.41, 5.74) is 8.15. The first kappa shape index (κ1) is 10.8. The standard InChI is InChI=1S/C11H7FN4OS/c12-6-1-2-7(8(13)3-6)11-15-10(16-17-11)9-4-14-5-18-9/h1-5H,13H2. The zero-order valence-corrected chi connectivity index (χ0v) is 9.82. The van der Waals surface area contributed by atoms with E-state index in [-0.39, 0.29) is 11.6 Å². The van der Waals surface area contributed by atoms with E-state index in [0.29, 0.717) is 11.4 Å². The van der Waals surface area contributed by atoms with Gasteiger partial charge in [-0.2, -0.15) is 4.98 Å². The Kier molecular flexibility index (Phi) is 2.52. The highest BCUT2D eigenvalue weighted by Gasteiger charge is 2.14. The van der Waals surface area contributed by atoms with E-state index >= 15 is 0 Å². The number of rotatable bonds is 2. The predicted molar refractivity (Wildman–Crippen MR) is 65.2 cm³/mol. The Balaban J connectivity index is 2.03. The molecule has 2 aromatic heterocycles. The topological polar surface area (TPSA) is 77.8 Å². The summed E-state index contributed by atoms with van der Waals surface area (Å²) in [4.78, 5) is 8.93. The molecule has 0 bridgehead atoms. The molecule has 5 nitrogen and oxygen atoms in total. The van der Waals surface area contributed by atoms with Gasteiger partial charge in [-0.3, -0.25) is 4.98 Å². The quantitative estimate of drug-likeness (QED) is 0.718. The summed E-state index contributed by atoms with van der Waals surface area (Å²) in [6, 6.07) is 4.02.